The van der Waals surface area contributed by atoms with Crippen LogP contribution in [0.15, 0.2) is 22.9 Å². The molecule has 2 aromatic rings. The highest BCUT2D eigenvalue weighted by molar-refractivity contribution is 5.06. The highest BCUT2D eigenvalue weighted by Crippen LogP contribution is 2.08. The van der Waals surface area contributed by atoms with Crippen LogP contribution in [0.25, 0.3) is 0 Å². The molecule has 0 aromatic carbocycles. The van der Waals surface area contributed by atoms with Crippen LogP contribution in [0.5, 0.6) is 0 Å². The molecule has 17 heavy (non-hydrogen) atoms. The molecule has 0 aliphatic heterocycles. The summed E-state index contributed by atoms with van der Waals surface area (Å²) in [6.45, 7) is 6.48. The average molecular weight is 234 g/mol. The summed E-state index contributed by atoms with van der Waals surface area (Å²) in [6.07, 6.45) is 2.68. The second kappa shape index (κ2) is 5.63. The van der Waals surface area contributed by atoms with Crippen molar-refractivity contribution in [1.82, 2.24) is 20.1 Å². The fourth-order valence-electron chi connectivity index (χ4n) is 1.68. The maximum Gasteiger partial charge on any atom is 0.146 e. The van der Waals surface area contributed by atoms with Gasteiger partial charge in [0, 0.05) is 13.0 Å². The molecule has 0 fully saturated rings. The van der Waals surface area contributed by atoms with Crippen molar-refractivity contribution in [3.8, 4) is 0 Å². The first kappa shape index (κ1) is 11.9. The molecule has 0 saturated carbocycles. The Kier molecular flexibility index (Phi) is 3.93. The summed E-state index contributed by atoms with van der Waals surface area (Å²) in [6, 6.07) is 4.03. The number of nitrogens with one attached hydrogen (secondary N) is 1. The molecule has 2 heterocycles. The molecule has 5 heteroatoms. The van der Waals surface area contributed by atoms with E-state index >= 15 is 0 Å². The zero-order valence-corrected chi connectivity index (χ0v) is 10.3. The Bertz CT molecular complexity index is 461. The van der Waals surface area contributed by atoms with E-state index in [-0.39, 0.29) is 0 Å². The minimum atomic E-state index is 0.704. The van der Waals surface area contributed by atoms with Crippen molar-refractivity contribution in [3.63, 3.8) is 0 Å². The van der Waals surface area contributed by atoms with Gasteiger partial charge in [0.1, 0.15) is 23.7 Å². The number of rotatable bonds is 6. The van der Waals surface area contributed by atoms with Crippen LogP contribution in [0.3, 0.4) is 0 Å². The minimum absolute atomic E-state index is 0.704. The molecule has 0 radical (unpaired) electrons. The van der Waals surface area contributed by atoms with E-state index in [2.05, 4.69) is 29.4 Å². The Morgan fingerprint density at radius 1 is 1.24 bits per heavy atom. The van der Waals surface area contributed by atoms with E-state index in [0.29, 0.717) is 6.54 Å². The molecular weight excluding hydrogens is 216 g/mol. The molecule has 0 atom stereocenters. The molecule has 5 nitrogen and oxygen atoms in total. The molecule has 2 rings (SSSR count). The number of aromatic nitrogens is 3. The number of aryl methyl sites for hydroxylation is 2. The molecule has 2 aromatic heterocycles. The molecule has 0 bridgehead atoms. The first-order valence-electron chi connectivity index (χ1n) is 5.98. The molecular formula is C12H18N4O. The van der Waals surface area contributed by atoms with E-state index in [0.717, 1.165) is 36.9 Å². The maximum atomic E-state index is 5.60. The van der Waals surface area contributed by atoms with Crippen LogP contribution in [0.4, 0.5) is 0 Å². The van der Waals surface area contributed by atoms with E-state index in [4.69, 9.17) is 4.42 Å². The molecule has 0 amide bonds. The summed E-state index contributed by atoms with van der Waals surface area (Å²) in [4.78, 5) is 0. The Morgan fingerprint density at radius 3 is 2.76 bits per heavy atom. The van der Waals surface area contributed by atoms with Gasteiger partial charge in [-0.2, -0.15) is 0 Å². The highest BCUT2D eigenvalue weighted by atomic mass is 16.3. The average Bonchev–Trinajstić information content (AvgIpc) is 2.97. The monoisotopic (exact) mass is 234 g/mol. The first-order chi connectivity index (χ1) is 8.33. The van der Waals surface area contributed by atoms with Gasteiger partial charge in [-0.05, 0) is 19.1 Å². The largest absolute Gasteiger partial charge is 0.465 e. The van der Waals surface area contributed by atoms with Crippen LogP contribution < -0.4 is 5.32 Å². The molecule has 0 aliphatic carbocycles. The lowest BCUT2D eigenvalue weighted by molar-refractivity contribution is 0.447. The zero-order valence-electron chi connectivity index (χ0n) is 10.3. The summed E-state index contributed by atoms with van der Waals surface area (Å²) < 4.78 is 7.62. The van der Waals surface area contributed by atoms with Gasteiger partial charge in [-0.15, -0.1) is 10.2 Å². The molecule has 0 saturated heterocycles. The van der Waals surface area contributed by atoms with Crippen molar-refractivity contribution < 1.29 is 4.42 Å². The zero-order chi connectivity index (χ0) is 12.1. The quantitative estimate of drug-likeness (QED) is 0.827. The Balaban J connectivity index is 1.83. The van der Waals surface area contributed by atoms with Crippen LogP contribution in [-0.2, 0) is 26.1 Å². The van der Waals surface area contributed by atoms with Gasteiger partial charge >= 0.3 is 0 Å². The van der Waals surface area contributed by atoms with E-state index in [1.54, 1.807) is 6.33 Å². The summed E-state index contributed by atoms with van der Waals surface area (Å²) in [5.74, 6) is 2.94. The standard InChI is InChI=1S/C12H18N4O/c1-3-10-5-6-11(17-10)7-13-8-12-15-14-9-16(12)4-2/h5-6,9,13H,3-4,7-8H2,1-2H3. The van der Waals surface area contributed by atoms with E-state index < -0.39 is 0 Å². The normalized spacial score (nSPS) is 10.9. The van der Waals surface area contributed by atoms with Crippen LogP contribution in [0.2, 0.25) is 0 Å². The van der Waals surface area contributed by atoms with Gasteiger partial charge in [0.2, 0.25) is 0 Å². The third kappa shape index (κ3) is 2.94. The SMILES string of the molecule is CCc1ccc(CNCc2nncn2CC)o1. The molecule has 1 N–H and O–H groups in total. The van der Waals surface area contributed by atoms with Crippen molar-refractivity contribution >= 4 is 0 Å². The molecule has 0 aliphatic rings. The van der Waals surface area contributed by atoms with Crippen molar-refractivity contribution in [1.29, 1.82) is 0 Å². The van der Waals surface area contributed by atoms with Crippen molar-refractivity contribution in [2.75, 3.05) is 0 Å². The van der Waals surface area contributed by atoms with E-state index in [9.17, 15) is 0 Å². The summed E-state index contributed by atoms with van der Waals surface area (Å²) in [5.41, 5.74) is 0. The number of hydrogen-bond acceptors (Lipinski definition) is 4. The second-order valence-corrected chi connectivity index (χ2v) is 3.86. The van der Waals surface area contributed by atoms with E-state index in [1.165, 1.54) is 0 Å². The molecule has 0 unspecified atom stereocenters. The summed E-state index contributed by atoms with van der Waals surface area (Å²) in [7, 11) is 0. The van der Waals surface area contributed by atoms with Gasteiger partial charge in [0.15, 0.2) is 0 Å². The fraction of sp³-hybridized carbons (Fsp3) is 0.500. The predicted molar refractivity (Wildman–Crippen MR) is 64.3 cm³/mol. The lowest BCUT2D eigenvalue weighted by Gasteiger charge is -2.03. The van der Waals surface area contributed by atoms with Gasteiger partial charge in [-0.3, -0.25) is 0 Å². The van der Waals surface area contributed by atoms with Crippen molar-refractivity contribution in [2.24, 2.45) is 0 Å². The predicted octanol–water partition coefficient (Wildman–Crippen LogP) is 1.74. The lowest BCUT2D eigenvalue weighted by atomic mass is 10.3. The number of nitrogens with zero attached hydrogens (tertiary/aromatic N) is 3. The Morgan fingerprint density at radius 2 is 2.06 bits per heavy atom. The third-order valence-electron chi connectivity index (χ3n) is 2.68. The topological polar surface area (TPSA) is 55.9 Å². The molecule has 92 valence electrons. The Hall–Kier alpha value is -1.62. The van der Waals surface area contributed by atoms with Crippen molar-refractivity contribution in [3.05, 3.63) is 35.8 Å². The van der Waals surface area contributed by atoms with Crippen LogP contribution >= 0.6 is 0 Å². The number of furan rings is 1. The van der Waals surface area contributed by atoms with Gasteiger partial charge in [-0.25, -0.2) is 0 Å². The van der Waals surface area contributed by atoms with Gasteiger partial charge in [0.05, 0.1) is 13.1 Å². The third-order valence-corrected chi connectivity index (χ3v) is 2.68. The second-order valence-electron chi connectivity index (χ2n) is 3.86. The Labute approximate surface area is 101 Å². The van der Waals surface area contributed by atoms with Crippen LogP contribution in [0.1, 0.15) is 31.2 Å². The van der Waals surface area contributed by atoms with Crippen molar-refractivity contribution in [2.45, 2.75) is 39.9 Å². The van der Waals surface area contributed by atoms with Crippen LogP contribution in [0, 0.1) is 0 Å². The first-order valence-corrected chi connectivity index (χ1v) is 5.98. The number of hydrogen-bond donors (Lipinski definition) is 1. The van der Waals surface area contributed by atoms with Crippen LogP contribution in [-0.4, -0.2) is 14.8 Å². The van der Waals surface area contributed by atoms with Gasteiger partial charge < -0.3 is 14.3 Å². The maximum absolute atomic E-state index is 5.60. The lowest BCUT2D eigenvalue weighted by Crippen LogP contribution is -2.16. The van der Waals surface area contributed by atoms with Gasteiger partial charge in [-0.1, -0.05) is 6.92 Å². The summed E-state index contributed by atoms with van der Waals surface area (Å²) in [5, 5.41) is 11.2. The fourth-order valence-corrected chi connectivity index (χ4v) is 1.68. The summed E-state index contributed by atoms with van der Waals surface area (Å²) >= 11 is 0. The highest BCUT2D eigenvalue weighted by Gasteiger charge is 2.03. The minimum Gasteiger partial charge on any atom is -0.465 e. The van der Waals surface area contributed by atoms with Gasteiger partial charge in [0.25, 0.3) is 0 Å². The molecule has 0 spiro atoms. The smallest absolute Gasteiger partial charge is 0.146 e. The van der Waals surface area contributed by atoms with E-state index in [1.807, 2.05) is 16.7 Å².